The molecule has 0 saturated heterocycles. The number of likely N-dealkylation sites (N-methyl/N-ethyl adjacent to an activating group) is 1. The molecule has 2 aromatic carbocycles. The molecule has 0 amide bonds. The highest BCUT2D eigenvalue weighted by Gasteiger charge is 2.09. The van der Waals surface area contributed by atoms with E-state index in [1.54, 1.807) is 0 Å². The standard InChI is InChI=1S/C18H18N2/c1-19-13-7-11-16-15-10-5-6-12-17(15)20-18(16)14-8-3-2-4-9-14/h2-12,19-20H,13H2,1H3. The Morgan fingerprint density at radius 1 is 1.00 bits per heavy atom. The minimum absolute atomic E-state index is 0.869. The van der Waals surface area contributed by atoms with Gasteiger partial charge in [-0.25, -0.2) is 0 Å². The monoisotopic (exact) mass is 262 g/mol. The lowest BCUT2D eigenvalue weighted by Gasteiger charge is -2.01. The first-order valence-corrected chi connectivity index (χ1v) is 6.87. The molecule has 0 spiro atoms. The number of hydrogen-bond donors (Lipinski definition) is 2. The molecule has 3 rings (SSSR count). The fraction of sp³-hybridized carbons (Fsp3) is 0.111. The van der Waals surface area contributed by atoms with Crippen LogP contribution in [0, 0.1) is 0 Å². The highest BCUT2D eigenvalue weighted by Crippen LogP contribution is 2.31. The molecule has 0 aliphatic carbocycles. The van der Waals surface area contributed by atoms with Crippen molar-refractivity contribution < 1.29 is 0 Å². The molecule has 2 heteroatoms. The summed E-state index contributed by atoms with van der Waals surface area (Å²) < 4.78 is 0. The first-order chi connectivity index (χ1) is 9.90. The maximum atomic E-state index is 3.54. The molecule has 0 aliphatic rings. The van der Waals surface area contributed by atoms with Crippen molar-refractivity contribution in [3.05, 3.63) is 66.2 Å². The molecule has 3 aromatic rings. The Morgan fingerprint density at radius 2 is 1.75 bits per heavy atom. The lowest BCUT2D eigenvalue weighted by atomic mass is 10.0. The minimum Gasteiger partial charge on any atom is -0.354 e. The number of nitrogens with one attached hydrogen (secondary N) is 2. The molecule has 0 radical (unpaired) electrons. The van der Waals surface area contributed by atoms with Crippen molar-refractivity contribution in [2.45, 2.75) is 0 Å². The van der Waals surface area contributed by atoms with Crippen molar-refractivity contribution in [2.75, 3.05) is 13.6 Å². The summed E-state index contributed by atoms with van der Waals surface area (Å²) in [5.74, 6) is 0. The van der Waals surface area contributed by atoms with Crippen molar-refractivity contribution in [2.24, 2.45) is 0 Å². The third-order valence-corrected chi connectivity index (χ3v) is 3.42. The Kier molecular flexibility index (Phi) is 3.66. The number of H-pyrrole nitrogens is 1. The molecule has 1 heterocycles. The SMILES string of the molecule is CNCC=Cc1c(-c2ccccc2)[nH]c2ccccc12. The highest BCUT2D eigenvalue weighted by molar-refractivity contribution is 5.96. The summed E-state index contributed by atoms with van der Waals surface area (Å²) in [6.07, 6.45) is 4.35. The normalized spacial score (nSPS) is 11.4. The smallest absolute Gasteiger partial charge is 0.0538 e. The number of hydrogen-bond acceptors (Lipinski definition) is 1. The first kappa shape index (κ1) is 12.7. The van der Waals surface area contributed by atoms with Crippen molar-refractivity contribution >= 4 is 17.0 Å². The van der Waals surface area contributed by atoms with Gasteiger partial charge in [0, 0.05) is 23.0 Å². The van der Waals surface area contributed by atoms with E-state index >= 15 is 0 Å². The summed E-state index contributed by atoms with van der Waals surface area (Å²) in [6, 6.07) is 18.9. The zero-order valence-corrected chi connectivity index (χ0v) is 11.6. The average molecular weight is 262 g/mol. The van der Waals surface area contributed by atoms with Crippen molar-refractivity contribution in [1.29, 1.82) is 0 Å². The summed E-state index contributed by atoms with van der Waals surface area (Å²) in [4.78, 5) is 3.54. The molecule has 0 aliphatic heterocycles. The van der Waals surface area contributed by atoms with Gasteiger partial charge in [0.1, 0.15) is 0 Å². The highest BCUT2D eigenvalue weighted by atomic mass is 14.8. The van der Waals surface area contributed by atoms with Gasteiger partial charge in [-0.15, -0.1) is 0 Å². The predicted molar refractivity (Wildman–Crippen MR) is 86.7 cm³/mol. The summed E-state index contributed by atoms with van der Waals surface area (Å²) in [7, 11) is 1.96. The molecule has 20 heavy (non-hydrogen) atoms. The van der Waals surface area contributed by atoms with Crippen LogP contribution in [0.15, 0.2) is 60.7 Å². The zero-order valence-electron chi connectivity index (χ0n) is 11.6. The molecule has 0 atom stereocenters. The van der Waals surface area contributed by atoms with Crippen molar-refractivity contribution in [3.8, 4) is 11.3 Å². The van der Waals surface area contributed by atoms with E-state index in [-0.39, 0.29) is 0 Å². The van der Waals surface area contributed by atoms with Gasteiger partial charge in [-0.05, 0) is 18.7 Å². The van der Waals surface area contributed by atoms with Crippen LogP contribution >= 0.6 is 0 Å². The average Bonchev–Trinajstić information content (AvgIpc) is 2.87. The maximum absolute atomic E-state index is 3.54. The van der Waals surface area contributed by atoms with Crippen LogP contribution in [0.1, 0.15) is 5.56 Å². The van der Waals surface area contributed by atoms with Gasteiger partial charge in [0.15, 0.2) is 0 Å². The van der Waals surface area contributed by atoms with Crippen molar-refractivity contribution in [3.63, 3.8) is 0 Å². The van der Waals surface area contributed by atoms with E-state index in [4.69, 9.17) is 0 Å². The van der Waals surface area contributed by atoms with Crippen LogP contribution in [0.25, 0.3) is 28.2 Å². The Balaban J connectivity index is 2.17. The van der Waals surface area contributed by atoms with Gasteiger partial charge in [-0.3, -0.25) is 0 Å². The number of benzene rings is 2. The van der Waals surface area contributed by atoms with E-state index in [0.29, 0.717) is 0 Å². The second kappa shape index (κ2) is 5.76. The zero-order chi connectivity index (χ0) is 13.8. The van der Waals surface area contributed by atoms with E-state index < -0.39 is 0 Å². The second-order valence-electron chi connectivity index (χ2n) is 4.79. The number of fused-ring (bicyclic) bond motifs is 1. The van der Waals surface area contributed by atoms with E-state index in [1.165, 1.54) is 27.7 Å². The number of para-hydroxylation sites is 1. The summed E-state index contributed by atoms with van der Waals surface area (Å²) >= 11 is 0. The Hall–Kier alpha value is -2.32. The van der Waals surface area contributed by atoms with Crippen LogP contribution in [0.4, 0.5) is 0 Å². The molecule has 2 nitrogen and oxygen atoms in total. The molecule has 100 valence electrons. The second-order valence-corrected chi connectivity index (χ2v) is 4.79. The Morgan fingerprint density at radius 3 is 2.55 bits per heavy atom. The molecule has 0 unspecified atom stereocenters. The summed E-state index contributed by atoms with van der Waals surface area (Å²) in [6.45, 7) is 0.869. The third kappa shape index (κ3) is 2.38. The minimum atomic E-state index is 0.869. The Bertz CT molecular complexity index is 724. The largest absolute Gasteiger partial charge is 0.354 e. The van der Waals surface area contributed by atoms with Gasteiger partial charge < -0.3 is 10.3 Å². The van der Waals surface area contributed by atoms with Gasteiger partial charge >= 0.3 is 0 Å². The number of aromatic amines is 1. The summed E-state index contributed by atoms with van der Waals surface area (Å²) in [5.41, 5.74) is 4.82. The quantitative estimate of drug-likeness (QED) is 0.729. The van der Waals surface area contributed by atoms with Gasteiger partial charge in [-0.1, -0.05) is 60.7 Å². The molecular formula is C18H18N2. The fourth-order valence-corrected chi connectivity index (χ4v) is 2.46. The molecular weight excluding hydrogens is 244 g/mol. The lowest BCUT2D eigenvalue weighted by Crippen LogP contribution is -2.03. The van der Waals surface area contributed by atoms with Gasteiger partial charge in [0.2, 0.25) is 0 Å². The van der Waals surface area contributed by atoms with Crippen LogP contribution in [-0.2, 0) is 0 Å². The van der Waals surface area contributed by atoms with Crippen LogP contribution in [0.3, 0.4) is 0 Å². The van der Waals surface area contributed by atoms with Crippen LogP contribution in [0.2, 0.25) is 0 Å². The molecule has 1 aromatic heterocycles. The predicted octanol–water partition coefficient (Wildman–Crippen LogP) is 4.07. The van der Waals surface area contributed by atoms with E-state index in [2.05, 4.69) is 71.0 Å². The number of rotatable bonds is 4. The lowest BCUT2D eigenvalue weighted by molar-refractivity contribution is 0.922. The van der Waals surface area contributed by atoms with Gasteiger partial charge in [-0.2, -0.15) is 0 Å². The first-order valence-electron chi connectivity index (χ1n) is 6.87. The van der Waals surface area contributed by atoms with E-state index in [9.17, 15) is 0 Å². The molecule has 0 fully saturated rings. The molecule has 2 N–H and O–H groups in total. The van der Waals surface area contributed by atoms with Gasteiger partial charge in [0.05, 0.1) is 5.69 Å². The third-order valence-electron chi connectivity index (χ3n) is 3.42. The van der Waals surface area contributed by atoms with E-state index in [1.807, 2.05) is 13.1 Å². The maximum Gasteiger partial charge on any atom is 0.0538 e. The van der Waals surface area contributed by atoms with Crippen LogP contribution in [-0.4, -0.2) is 18.6 Å². The van der Waals surface area contributed by atoms with Crippen LogP contribution < -0.4 is 5.32 Å². The summed E-state index contributed by atoms with van der Waals surface area (Å²) in [5, 5.41) is 4.40. The number of aromatic nitrogens is 1. The molecule has 0 bridgehead atoms. The Labute approximate surface area is 119 Å². The fourth-order valence-electron chi connectivity index (χ4n) is 2.46. The van der Waals surface area contributed by atoms with Crippen molar-refractivity contribution in [1.82, 2.24) is 10.3 Å². The topological polar surface area (TPSA) is 27.8 Å². The van der Waals surface area contributed by atoms with Gasteiger partial charge in [0.25, 0.3) is 0 Å². The molecule has 0 saturated carbocycles. The van der Waals surface area contributed by atoms with E-state index in [0.717, 1.165) is 6.54 Å². The van der Waals surface area contributed by atoms with Crippen LogP contribution in [0.5, 0.6) is 0 Å².